The van der Waals surface area contributed by atoms with Crippen molar-refractivity contribution < 1.29 is 0 Å². The number of likely N-dealkylation sites (tertiary alicyclic amines) is 1. The normalized spacial score (nSPS) is 15.2. The minimum atomic E-state index is -0.187. The summed E-state index contributed by atoms with van der Waals surface area (Å²) in [4.78, 5) is 23.4. The Morgan fingerprint density at radius 3 is 2.72 bits per heavy atom. The number of piperidine rings is 1. The second kappa shape index (κ2) is 7.93. The molecule has 0 aliphatic carbocycles. The average Bonchev–Trinajstić information content (AvgIpc) is 3.43. The largest absolute Gasteiger partial charge is 0.347 e. The van der Waals surface area contributed by atoms with Gasteiger partial charge in [0.15, 0.2) is 0 Å². The lowest BCUT2D eigenvalue weighted by atomic mass is 10.1. The molecule has 0 saturated carbocycles. The topological polar surface area (TPSA) is 56.0 Å². The molecule has 1 aromatic carbocycles. The van der Waals surface area contributed by atoms with Crippen molar-refractivity contribution >= 4 is 22.4 Å². The number of hydrogen-bond donors (Lipinski definition) is 0. The first-order valence-corrected chi connectivity index (χ1v) is 11.0. The molecular formula is C22H23N5OS. The Hall–Kier alpha value is -2.77. The molecule has 148 valence electrons. The fourth-order valence-electron chi connectivity index (χ4n) is 3.99. The highest BCUT2D eigenvalue weighted by Crippen LogP contribution is 2.25. The Kier molecular flexibility index (Phi) is 4.99. The van der Waals surface area contributed by atoms with E-state index in [0.29, 0.717) is 6.54 Å². The van der Waals surface area contributed by atoms with Crippen LogP contribution in [0.15, 0.2) is 58.5 Å². The Morgan fingerprint density at radius 1 is 1.00 bits per heavy atom. The molecule has 29 heavy (non-hydrogen) atoms. The fraction of sp³-hybridized carbons (Fsp3) is 0.318. The Bertz CT molecular complexity index is 1170. The maximum Gasteiger partial charge on any atom is 0.347 e. The quantitative estimate of drug-likeness (QED) is 0.507. The maximum atomic E-state index is 12.2. The van der Waals surface area contributed by atoms with E-state index in [1.54, 1.807) is 22.1 Å². The molecule has 0 spiro atoms. The van der Waals surface area contributed by atoms with Gasteiger partial charge in [-0.05, 0) is 55.1 Å². The van der Waals surface area contributed by atoms with E-state index in [1.165, 1.54) is 19.3 Å². The van der Waals surface area contributed by atoms with Crippen LogP contribution in [-0.4, -0.2) is 43.6 Å². The molecule has 1 saturated heterocycles. The van der Waals surface area contributed by atoms with E-state index in [0.717, 1.165) is 47.5 Å². The van der Waals surface area contributed by atoms with Crippen LogP contribution < -0.4 is 5.69 Å². The van der Waals surface area contributed by atoms with Crippen molar-refractivity contribution in [2.24, 2.45) is 0 Å². The lowest BCUT2D eigenvalue weighted by Crippen LogP contribution is -2.35. The minimum Gasteiger partial charge on any atom is -0.302 e. The third-order valence-corrected chi connectivity index (χ3v) is 6.30. The Morgan fingerprint density at radius 2 is 1.90 bits per heavy atom. The van der Waals surface area contributed by atoms with Crippen molar-refractivity contribution in [3.63, 3.8) is 0 Å². The summed E-state index contributed by atoms with van der Waals surface area (Å²) in [5.41, 5.74) is 4.90. The number of imidazole rings is 1. The zero-order valence-electron chi connectivity index (χ0n) is 16.2. The van der Waals surface area contributed by atoms with Gasteiger partial charge in [0.05, 0.1) is 16.7 Å². The summed E-state index contributed by atoms with van der Waals surface area (Å²) in [6, 6.07) is 8.30. The standard InChI is InChI=1S/C22H23N5OS/c28-22-23-13-18(14-26(22)10-9-25-7-2-1-3-8-25)17-4-5-21-20(12-17)24-16-27(21)19-6-11-29-15-19/h4-6,11-16H,1-3,7-10H2. The van der Waals surface area contributed by atoms with Crippen LogP contribution >= 0.6 is 11.3 Å². The van der Waals surface area contributed by atoms with Gasteiger partial charge in [-0.25, -0.2) is 14.8 Å². The molecule has 0 atom stereocenters. The molecule has 0 N–H and O–H groups in total. The first-order chi connectivity index (χ1) is 14.3. The van der Waals surface area contributed by atoms with Gasteiger partial charge in [-0.15, -0.1) is 0 Å². The van der Waals surface area contributed by atoms with Gasteiger partial charge in [0.2, 0.25) is 0 Å². The highest BCUT2D eigenvalue weighted by molar-refractivity contribution is 7.08. The van der Waals surface area contributed by atoms with Crippen molar-refractivity contribution in [2.75, 3.05) is 19.6 Å². The van der Waals surface area contributed by atoms with E-state index in [1.807, 2.05) is 12.5 Å². The van der Waals surface area contributed by atoms with Gasteiger partial charge in [0, 0.05) is 36.4 Å². The van der Waals surface area contributed by atoms with Crippen LogP contribution in [0.4, 0.5) is 0 Å². The molecule has 0 bridgehead atoms. The van der Waals surface area contributed by atoms with E-state index in [9.17, 15) is 4.79 Å². The first-order valence-electron chi connectivity index (χ1n) is 10.1. The molecule has 6 nitrogen and oxygen atoms in total. The molecule has 4 aromatic rings. The van der Waals surface area contributed by atoms with Gasteiger partial charge in [-0.1, -0.05) is 12.5 Å². The van der Waals surface area contributed by atoms with Gasteiger partial charge in [0.1, 0.15) is 6.33 Å². The smallest absolute Gasteiger partial charge is 0.302 e. The second-order valence-electron chi connectivity index (χ2n) is 7.52. The molecular weight excluding hydrogens is 382 g/mol. The SMILES string of the molecule is O=c1ncc(-c2ccc3c(c2)ncn3-c2ccsc2)cn1CCN1CCCCC1. The van der Waals surface area contributed by atoms with Crippen molar-refractivity contribution in [1.82, 2.24) is 24.0 Å². The van der Waals surface area contributed by atoms with Crippen molar-refractivity contribution in [1.29, 1.82) is 0 Å². The number of fused-ring (bicyclic) bond motifs is 1. The zero-order chi connectivity index (χ0) is 19.6. The van der Waals surface area contributed by atoms with Crippen molar-refractivity contribution in [2.45, 2.75) is 25.8 Å². The third-order valence-electron chi connectivity index (χ3n) is 5.63. The van der Waals surface area contributed by atoms with E-state index in [2.05, 4.69) is 54.5 Å². The minimum absolute atomic E-state index is 0.187. The van der Waals surface area contributed by atoms with E-state index in [4.69, 9.17) is 0 Å². The molecule has 4 heterocycles. The predicted octanol–water partition coefficient (Wildman–Crippen LogP) is 3.80. The maximum absolute atomic E-state index is 12.2. The van der Waals surface area contributed by atoms with Crippen molar-refractivity contribution in [3.05, 3.63) is 64.2 Å². The number of hydrogen-bond acceptors (Lipinski definition) is 5. The summed E-state index contributed by atoms with van der Waals surface area (Å²) < 4.78 is 3.82. The third kappa shape index (κ3) is 3.75. The molecule has 3 aromatic heterocycles. The average molecular weight is 406 g/mol. The predicted molar refractivity (Wildman–Crippen MR) is 117 cm³/mol. The molecule has 7 heteroatoms. The Labute approximate surface area is 173 Å². The van der Waals surface area contributed by atoms with Gasteiger partial charge < -0.3 is 4.90 Å². The lowest BCUT2D eigenvalue weighted by Gasteiger charge is -2.26. The fourth-order valence-corrected chi connectivity index (χ4v) is 4.62. The number of rotatable bonds is 5. The van der Waals surface area contributed by atoms with Crippen LogP contribution in [0.2, 0.25) is 0 Å². The van der Waals surface area contributed by atoms with Gasteiger partial charge in [-0.3, -0.25) is 9.13 Å². The lowest BCUT2D eigenvalue weighted by molar-refractivity contribution is 0.219. The number of nitrogens with zero attached hydrogens (tertiary/aromatic N) is 5. The van der Waals surface area contributed by atoms with Crippen LogP contribution in [0.5, 0.6) is 0 Å². The zero-order valence-corrected chi connectivity index (χ0v) is 17.0. The van der Waals surface area contributed by atoms with Crippen LogP contribution in [0.3, 0.4) is 0 Å². The highest BCUT2D eigenvalue weighted by atomic mass is 32.1. The second-order valence-corrected chi connectivity index (χ2v) is 8.30. The van der Waals surface area contributed by atoms with Crippen LogP contribution in [0.1, 0.15) is 19.3 Å². The first kappa shape index (κ1) is 18.3. The van der Waals surface area contributed by atoms with Gasteiger partial charge in [-0.2, -0.15) is 11.3 Å². The number of aromatic nitrogens is 4. The molecule has 0 amide bonds. The monoisotopic (exact) mass is 405 g/mol. The van der Waals surface area contributed by atoms with E-state index >= 15 is 0 Å². The van der Waals surface area contributed by atoms with Crippen LogP contribution in [-0.2, 0) is 6.54 Å². The molecule has 0 unspecified atom stereocenters. The van der Waals surface area contributed by atoms with Crippen LogP contribution in [0.25, 0.3) is 27.8 Å². The number of thiophene rings is 1. The highest BCUT2D eigenvalue weighted by Gasteiger charge is 2.11. The van der Waals surface area contributed by atoms with E-state index < -0.39 is 0 Å². The number of benzene rings is 1. The van der Waals surface area contributed by atoms with Gasteiger partial charge >= 0.3 is 5.69 Å². The summed E-state index contributed by atoms with van der Waals surface area (Å²) in [6.45, 7) is 3.83. The van der Waals surface area contributed by atoms with Crippen LogP contribution in [0, 0.1) is 0 Å². The Balaban J connectivity index is 1.41. The molecule has 5 rings (SSSR count). The summed E-state index contributed by atoms with van der Waals surface area (Å²) in [5.74, 6) is 0. The summed E-state index contributed by atoms with van der Waals surface area (Å²) in [5, 5.41) is 4.17. The molecule has 1 fully saturated rings. The summed E-state index contributed by atoms with van der Waals surface area (Å²) >= 11 is 1.67. The molecule has 0 radical (unpaired) electrons. The van der Waals surface area contributed by atoms with E-state index in [-0.39, 0.29) is 5.69 Å². The summed E-state index contributed by atoms with van der Waals surface area (Å²) in [7, 11) is 0. The van der Waals surface area contributed by atoms with Gasteiger partial charge in [0.25, 0.3) is 0 Å². The van der Waals surface area contributed by atoms with Crippen molar-refractivity contribution in [3.8, 4) is 16.8 Å². The molecule has 1 aliphatic rings. The molecule has 1 aliphatic heterocycles. The summed E-state index contributed by atoms with van der Waals surface area (Å²) in [6.07, 6.45) is 9.27.